The van der Waals surface area contributed by atoms with Crippen LogP contribution in [0.1, 0.15) is 41.7 Å². The molecule has 1 aliphatic heterocycles. The normalized spacial score (nSPS) is 16.2. The van der Waals surface area contributed by atoms with E-state index in [4.69, 9.17) is 0 Å². The summed E-state index contributed by atoms with van der Waals surface area (Å²) in [5.41, 5.74) is 2.19. The van der Waals surface area contributed by atoms with Crippen LogP contribution in [0.4, 0.5) is 18.9 Å². The van der Waals surface area contributed by atoms with Crippen molar-refractivity contribution in [2.24, 2.45) is 5.92 Å². The van der Waals surface area contributed by atoms with Crippen molar-refractivity contribution in [2.75, 3.05) is 31.7 Å². The quantitative estimate of drug-likeness (QED) is 0.419. The molecule has 2 aromatic carbocycles. The molecule has 208 valence electrons. The van der Waals surface area contributed by atoms with Gasteiger partial charge in [0, 0.05) is 26.1 Å². The number of pyridine rings is 1. The maximum absolute atomic E-state index is 14.2. The zero-order chi connectivity index (χ0) is 28.2. The predicted octanol–water partition coefficient (Wildman–Crippen LogP) is 5.02. The first kappa shape index (κ1) is 28.6. The SMILES string of the molecule is CN(C(=O)C1CCN(S(C)(=O)=O)CC1)C(c1ccc(NC(c2ccccc2)c2ccccc2)cn1)C(F)(F)F. The number of hydrogen-bond donors (Lipinski definition) is 1. The lowest BCUT2D eigenvalue weighted by atomic mass is 9.95. The molecule has 1 aliphatic rings. The number of hydrogen-bond acceptors (Lipinski definition) is 5. The van der Waals surface area contributed by atoms with Crippen molar-refractivity contribution >= 4 is 21.6 Å². The fourth-order valence-electron chi connectivity index (χ4n) is 4.90. The highest BCUT2D eigenvalue weighted by atomic mass is 32.2. The number of carbonyl (C=O) groups is 1. The van der Waals surface area contributed by atoms with E-state index in [0.717, 1.165) is 24.4 Å². The Kier molecular flexibility index (Phi) is 8.60. The summed E-state index contributed by atoms with van der Waals surface area (Å²) in [6.45, 7) is 0.199. The Labute approximate surface area is 226 Å². The number of halogens is 3. The van der Waals surface area contributed by atoms with E-state index in [2.05, 4.69) is 10.3 Å². The number of piperidine rings is 1. The summed E-state index contributed by atoms with van der Waals surface area (Å²) >= 11 is 0. The monoisotopic (exact) mass is 560 g/mol. The van der Waals surface area contributed by atoms with Crippen molar-refractivity contribution in [2.45, 2.75) is 31.1 Å². The molecule has 1 amide bonds. The van der Waals surface area contributed by atoms with Crippen LogP contribution >= 0.6 is 0 Å². The largest absolute Gasteiger partial charge is 0.414 e. The third-order valence-electron chi connectivity index (χ3n) is 6.96. The molecule has 1 fully saturated rings. The second-order valence-corrected chi connectivity index (χ2v) is 11.7. The van der Waals surface area contributed by atoms with Crippen LogP contribution in [0.2, 0.25) is 0 Å². The van der Waals surface area contributed by atoms with E-state index in [0.29, 0.717) is 10.6 Å². The molecule has 1 saturated heterocycles. The molecular weight excluding hydrogens is 529 g/mol. The summed E-state index contributed by atoms with van der Waals surface area (Å²) in [6, 6.07) is 19.7. The molecule has 0 bridgehead atoms. The summed E-state index contributed by atoms with van der Waals surface area (Å²) in [5.74, 6) is -1.38. The lowest BCUT2D eigenvalue weighted by Gasteiger charge is -2.35. The van der Waals surface area contributed by atoms with E-state index in [-0.39, 0.29) is 37.7 Å². The van der Waals surface area contributed by atoms with Crippen LogP contribution in [0.3, 0.4) is 0 Å². The number of anilines is 1. The fraction of sp³-hybridized carbons (Fsp3) is 0.357. The van der Waals surface area contributed by atoms with Crippen molar-refractivity contribution in [3.63, 3.8) is 0 Å². The molecule has 0 aliphatic carbocycles. The highest BCUT2D eigenvalue weighted by Crippen LogP contribution is 2.38. The lowest BCUT2D eigenvalue weighted by Crippen LogP contribution is -2.46. The molecule has 1 N–H and O–H groups in total. The first-order valence-electron chi connectivity index (χ1n) is 12.6. The van der Waals surface area contributed by atoms with Gasteiger partial charge in [0.15, 0.2) is 6.04 Å². The van der Waals surface area contributed by atoms with Gasteiger partial charge < -0.3 is 10.2 Å². The Morgan fingerprint density at radius 3 is 1.95 bits per heavy atom. The zero-order valence-corrected chi connectivity index (χ0v) is 22.5. The lowest BCUT2D eigenvalue weighted by molar-refractivity contribution is -0.191. The Balaban J connectivity index is 1.53. The van der Waals surface area contributed by atoms with Gasteiger partial charge in [0.2, 0.25) is 15.9 Å². The maximum Gasteiger partial charge on any atom is 0.414 e. The second kappa shape index (κ2) is 11.7. The number of benzene rings is 2. The molecule has 1 aromatic heterocycles. The maximum atomic E-state index is 14.2. The third kappa shape index (κ3) is 6.96. The zero-order valence-electron chi connectivity index (χ0n) is 21.7. The Bertz CT molecular complexity index is 1310. The first-order chi connectivity index (χ1) is 18.4. The number of rotatable bonds is 8. The Morgan fingerprint density at radius 2 is 1.51 bits per heavy atom. The van der Waals surface area contributed by atoms with Gasteiger partial charge >= 0.3 is 6.18 Å². The molecule has 2 heterocycles. The van der Waals surface area contributed by atoms with Crippen molar-refractivity contribution in [1.29, 1.82) is 0 Å². The van der Waals surface area contributed by atoms with E-state index < -0.39 is 34.1 Å². The minimum atomic E-state index is -4.75. The van der Waals surface area contributed by atoms with Gasteiger partial charge in [-0.25, -0.2) is 12.7 Å². The van der Waals surface area contributed by atoms with Crippen molar-refractivity contribution < 1.29 is 26.4 Å². The molecule has 0 spiro atoms. The molecule has 39 heavy (non-hydrogen) atoms. The van der Waals surface area contributed by atoms with Gasteiger partial charge in [0.1, 0.15) is 0 Å². The highest BCUT2D eigenvalue weighted by Gasteiger charge is 2.47. The van der Waals surface area contributed by atoms with Gasteiger partial charge in [-0.2, -0.15) is 13.2 Å². The second-order valence-electron chi connectivity index (χ2n) is 9.70. The van der Waals surface area contributed by atoms with Crippen LogP contribution in [0.25, 0.3) is 0 Å². The van der Waals surface area contributed by atoms with Crippen molar-refractivity contribution in [3.05, 3.63) is 95.8 Å². The van der Waals surface area contributed by atoms with Crippen molar-refractivity contribution in [3.8, 4) is 0 Å². The van der Waals surface area contributed by atoms with Crippen LogP contribution in [-0.2, 0) is 14.8 Å². The molecule has 11 heteroatoms. The molecule has 1 atom stereocenters. The van der Waals surface area contributed by atoms with Gasteiger partial charge in [-0.3, -0.25) is 9.78 Å². The van der Waals surface area contributed by atoms with Gasteiger partial charge in [0.25, 0.3) is 0 Å². The van der Waals surface area contributed by atoms with Gasteiger partial charge in [-0.05, 0) is 36.1 Å². The summed E-state index contributed by atoms with van der Waals surface area (Å²) in [5, 5.41) is 3.36. The molecule has 3 aromatic rings. The Morgan fingerprint density at radius 1 is 0.974 bits per heavy atom. The van der Waals surface area contributed by atoms with Crippen LogP contribution < -0.4 is 5.32 Å². The van der Waals surface area contributed by atoms with Crippen LogP contribution in [0.15, 0.2) is 79.0 Å². The smallest absolute Gasteiger partial charge is 0.373 e. The fourth-order valence-corrected chi connectivity index (χ4v) is 5.78. The van der Waals surface area contributed by atoms with Crippen LogP contribution in [0, 0.1) is 5.92 Å². The first-order valence-corrected chi connectivity index (χ1v) is 14.4. The van der Waals surface area contributed by atoms with E-state index in [1.54, 1.807) is 0 Å². The number of aromatic nitrogens is 1. The van der Waals surface area contributed by atoms with E-state index in [9.17, 15) is 26.4 Å². The Hall–Kier alpha value is -3.44. The minimum Gasteiger partial charge on any atom is -0.373 e. The predicted molar refractivity (Wildman–Crippen MR) is 143 cm³/mol. The average Bonchev–Trinajstić information content (AvgIpc) is 2.92. The number of alkyl halides is 3. The van der Waals surface area contributed by atoms with Crippen molar-refractivity contribution in [1.82, 2.24) is 14.2 Å². The molecule has 4 rings (SSSR count). The van der Waals surface area contributed by atoms with E-state index >= 15 is 0 Å². The van der Waals surface area contributed by atoms with Gasteiger partial charge in [-0.15, -0.1) is 0 Å². The van der Waals surface area contributed by atoms with Crippen LogP contribution in [0.5, 0.6) is 0 Å². The number of carbonyl (C=O) groups excluding carboxylic acids is 1. The average molecular weight is 561 g/mol. The van der Waals surface area contributed by atoms with E-state index in [1.165, 1.54) is 22.6 Å². The number of nitrogens with one attached hydrogen (secondary N) is 1. The van der Waals surface area contributed by atoms with Crippen LogP contribution in [-0.4, -0.2) is 61.1 Å². The summed E-state index contributed by atoms with van der Waals surface area (Å²) in [7, 11) is -2.29. The van der Waals surface area contributed by atoms with E-state index in [1.807, 2.05) is 60.7 Å². The highest BCUT2D eigenvalue weighted by molar-refractivity contribution is 7.88. The standard InChI is InChI=1S/C28H31F3N4O3S/c1-34(27(36)22-15-17-35(18-16-22)39(2,37)38)26(28(29,30)31)24-14-13-23(19-32-24)33-25(20-9-5-3-6-10-20)21-11-7-4-8-12-21/h3-14,19,22,25-26,33H,15-18H2,1-2H3. The number of sulfonamides is 1. The topological polar surface area (TPSA) is 82.6 Å². The summed E-state index contributed by atoms with van der Waals surface area (Å²) in [6.07, 6.45) is -2.01. The minimum absolute atomic E-state index is 0.0996. The molecule has 0 saturated carbocycles. The molecule has 7 nitrogen and oxygen atoms in total. The summed E-state index contributed by atoms with van der Waals surface area (Å²) < 4.78 is 67.4. The molecule has 1 unspecified atom stereocenters. The molecule has 0 radical (unpaired) electrons. The number of amides is 1. The van der Waals surface area contributed by atoms with Gasteiger partial charge in [-0.1, -0.05) is 60.7 Å². The molecular formula is C28H31F3N4O3S. The number of nitrogens with zero attached hydrogens (tertiary/aromatic N) is 3. The third-order valence-corrected chi connectivity index (χ3v) is 8.26. The summed E-state index contributed by atoms with van der Waals surface area (Å²) in [4.78, 5) is 17.9. The van der Waals surface area contributed by atoms with Gasteiger partial charge in [0.05, 0.1) is 29.9 Å².